The van der Waals surface area contributed by atoms with Crippen molar-refractivity contribution in [2.75, 3.05) is 18.0 Å². The fourth-order valence-corrected chi connectivity index (χ4v) is 2.93. The number of hydrogen-bond acceptors (Lipinski definition) is 5. The highest BCUT2D eigenvalue weighted by atomic mass is 19.1. The van der Waals surface area contributed by atoms with Crippen molar-refractivity contribution in [1.29, 1.82) is 5.26 Å². The van der Waals surface area contributed by atoms with Crippen LogP contribution < -0.4 is 10.2 Å². The van der Waals surface area contributed by atoms with Crippen molar-refractivity contribution >= 4 is 11.9 Å². The SMILES string of the molecule is N#Cc1ccc(F)c(CNC(=O)C2CCCN(c3ncccn3)C2)c1. The first-order chi connectivity index (χ1) is 12.2. The van der Waals surface area contributed by atoms with Gasteiger partial charge in [0.05, 0.1) is 17.6 Å². The van der Waals surface area contributed by atoms with Crippen molar-refractivity contribution in [2.24, 2.45) is 5.92 Å². The molecule has 6 nitrogen and oxygen atoms in total. The normalized spacial score (nSPS) is 17.0. The van der Waals surface area contributed by atoms with Gasteiger partial charge >= 0.3 is 0 Å². The zero-order valence-electron chi connectivity index (χ0n) is 13.7. The second-order valence-electron chi connectivity index (χ2n) is 5.97. The Hall–Kier alpha value is -3.01. The van der Waals surface area contributed by atoms with Crippen LogP contribution in [0.2, 0.25) is 0 Å². The average molecular weight is 339 g/mol. The van der Waals surface area contributed by atoms with Crippen molar-refractivity contribution in [1.82, 2.24) is 15.3 Å². The summed E-state index contributed by atoms with van der Waals surface area (Å²) in [5.41, 5.74) is 0.683. The number of aromatic nitrogens is 2. The van der Waals surface area contributed by atoms with E-state index >= 15 is 0 Å². The molecule has 1 aliphatic heterocycles. The summed E-state index contributed by atoms with van der Waals surface area (Å²) in [6, 6.07) is 7.84. The average Bonchev–Trinajstić information content (AvgIpc) is 2.68. The predicted molar refractivity (Wildman–Crippen MR) is 89.9 cm³/mol. The lowest BCUT2D eigenvalue weighted by Gasteiger charge is -2.31. The van der Waals surface area contributed by atoms with Gasteiger partial charge in [0.2, 0.25) is 11.9 Å². The molecule has 1 aliphatic rings. The molecule has 1 N–H and O–H groups in total. The standard InChI is InChI=1S/C18H18FN5O/c19-16-5-4-13(10-20)9-15(16)11-23-17(25)14-3-1-8-24(12-14)18-21-6-2-7-22-18/h2,4-7,9,14H,1,3,8,11-12H2,(H,23,25). The van der Waals surface area contributed by atoms with Gasteiger partial charge in [-0.05, 0) is 37.1 Å². The number of nitrogens with one attached hydrogen (secondary N) is 1. The van der Waals surface area contributed by atoms with E-state index in [1.54, 1.807) is 18.5 Å². The molecule has 1 fully saturated rings. The van der Waals surface area contributed by atoms with Crippen LogP contribution in [0.5, 0.6) is 0 Å². The van der Waals surface area contributed by atoms with Crippen molar-refractivity contribution in [3.63, 3.8) is 0 Å². The minimum atomic E-state index is -0.428. The van der Waals surface area contributed by atoms with Gasteiger partial charge in [0.25, 0.3) is 0 Å². The van der Waals surface area contributed by atoms with Gasteiger partial charge in [-0.1, -0.05) is 0 Å². The molecule has 1 saturated heterocycles. The van der Waals surface area contributed by atoms with Gasteiger partial charge in [-0.15, -0.1) is 0 Å². The minimum absolute atomic E-state index is 0.0680. The van der Waals surface area contributed by atoms with Crippen molar-refractivity contribution in [2.45, 2.75) is 19.4 Å². The molecule has 1 amide bonds. The monoisotopic (exact) mass is 339 g/mol. The first kappa shape index (κ1) is 16.8. The Morgan fingerprint density at radius 2 is 2.20 bits per heavy atom. The summed E-state index contributed by atoms with van der Waals surface area (Å²) in [5.74, 6) is -0.128. The first-order valence-corrected chi connectivity index (χ1v) is 8.15. The first-order valence-electron chi connectivity index (χ1n) is 8.15. The highest BCUT2D eigenvalue weighted by Crippen LogP contribution is 2.20. The Labute approximate surface area is 145 Å². The van der Waals surface area contributed by atoms with Crippen LogP contribution in [0.1, 0.15) is 24.0 Å². The molecule has 0 aliphatic carbocycles. The summed E-state index contributed by atoms with van der Waals surface area (Å²) in [4.78, 5) is 22.9. The van der Waals surface area contributed by atoms with E-state index < -0.39 is 5.82 Å². The van der Waals surface area contributed by atoms with Crippen LogP contribution in [-0.2, 0) is 11.3 Å². The van der Waals surface area contributed by atoms with Gasteiger partial charge in [-0.2, -0.15) is 5.26 Å². The summed E-state index contributed by atoms with van der Waals surface area (Å²) in [5, 5.41) is 11.7. The van der Waals surface area contributed by atoms with E-state index in [9.17, 15) is 9.18 Å². The summed E-state index contributed by atoms with van der Waals surface area (Å²) in [6.07, 6.45) is 5.00. The summed E-state index contributed by atoms with van der Waals surface area (Å²) in [6.45, 7) is 1.42. The maximum Gasteiger partial charge on any atom is 0.225 e. The number of carbonyl (C=O) groups is 1. The number of nitriles is 1. The van der Waals surface area contributed by atoms with Crippen LogP contribution in [0.25, 0.3) is 0 Å². The molecule has 1 atom stereocenters. The number of rotatable bonds is 4. The smallest absolute Gasteiger partial charge is 0.225 e. The Bertz CT molecular complexity index is 790. The Morgan fingerprint density at radius 3 is 2.96 bits per heavy atom. The van der Waals surface area contributed by atoms with Gasteiger partial charge in [0.1, 0.15) is 5.82 Å². The lowest BCUT2D eigenvalue weighted by atomic mass is 9.97. The zero-order valence-corrected chi connectivity index (χ0v) is 13.7. The van der Waals surface area contributed by atoms with Crippen LogP contribution in [-0.4, -0.2) is 29.0 Å². The molecule has 7 heteroatoms. The number of hydrogen-bond donors (Lipinski definition) is 1. The van der Waals surface area contributed by atoms with Crippen molar-refractivity contribution < 1.29 is 9.18 Å². The highest BCUT2D eigenvalue weighted by Gasteiger charge is 2.27. The Balaban J connectivity index is 1.61. The van der Waals surface area contributed by atoms with Crippen LogP contribution in [0.15, 0.2) is 36.7 Å². The zero-order chi connectivity index (χ0) is 17.6. The highest BCUT2D eigenvalue weighted by molar-refractivity contribution is 5.79. The van der Waals surface area contributed by atoms with E-state index in [-0.39, 0.29) is 18.4 Å². The number of anilines is 1. The Kier molecular flexibility index (Phi) is 5.19. The molecule has 3 rings (SSSR count). The molecule has 0 bridgehead atoms. The minimum Gasteiger partial charge on any atom is -0.352 e. The maximum absolute atomic E-state index is 13.8. The number of halogens is 1. The summed E-state index contributed by atoms with van der Waals surface area (Å²) < 4.78 is 13.8. The molecular weight excluding hydrogens is 321 g/mol. The second kappa shape index (κ2) is 7.71. The van der Waals surface area contributed by atoms with E-state index in [1.165, 1.54) is 18.2 Å². The van der Waals surface area contributed by atoms with E-state index in [0.29, 0.717) is 23.6 Å². The summed E-state index contributed by atoms with van der Waals surface area (Å²) >= 11 is 0. The van der Waals surface area contributed by atoms with Crippen LogP contribution >= 0.6 is 0 Å². The van der Waals surface area contributed by atoms with E-state index in [0.717, 1.165) is 19.4 Å². The lowest BCUT2D eigenvalue weighted by Crippen LogP contribution is -2.43. The van der Waals surface area contributed by atoms with Crippen molar-refractivity contribution in [3.8, 4) is 6.07 Å². The van der Waals surface area contributed by atoms with Gasteiger partial charge in [0, 0.05) is 37.6 Å². The van der Waals surface area contributed by atoms with Gasteiger partial charge in [-0.3, -0.25) is 4.79 Å². The van der Waals surface area contributed by atoms with Crippen LogP contribution in [0.3, 0.4) is 0 Å². The molecule has 0 saturated carbocycles. The Morgan fingerprint density at radius 1 is 1.40 bits per heavy atom. The topological polar surface area (TPSA) is 81.9 Å². The van der Waals surface area contributed by atoms with E-state index in [1.807, 2.05) is 11.0 Å². The van der Waals surface area contributed by atoms with Crippen LogP contribution in [0, 0.1) is 23.1 Å². The molecule has 2 heterocycles. The molecule has 0 spiro atoms. The number of piperidine rings is 1. The third-order valence-corrected chi connectivity index (χ3v) is 4.26. The molecule has 2 aromatic rings. The molecule has 25 heavy (non-hydrogen) atoms. The van der Waals surface area contributed by atoms with Gasteiger partial charge < -0.3 is 10.2 Å². The fraction of sp³-hybridized carbons (Fsp3) is 0.333. The molecular formula is C18H18FN5O. The van der Waals surface area contributed by atoms with Gasteiger partial charge in [0.15, 0.2) is 0 Å². The molecule has 1 unspecified atom stereocenters. The van der Waals surface area contributed by atoms with Gasteiger partial charge in [-0.25, -0.2) is 14.4 Å². The second-order valence-corrected chi connectivity index (χ2v) is 5.97. The van der Waals surface area contributed by atoms with E-state index in [2.05, 4.69) is 15.3 Å². The number of nitrogens with zero attached hydrogens (tertiary/aromatic N) is 4. The molecule has 0 radical (unpaired) electrons. The molecule has 1 aromatic heterocycles. The molecule has 1 aromatic carbocycles. The number of amides is 1. The molecule has 128 valence electrons. The number of benzene rings is 1. The largest absolute Gasteiger partial charge is 0.352 e. The lowest BCUT2D eigenvalue weighted by molar-refractivity contribution is -0.125. The number of carbonyl (C=O) groups excluding carboxylic acids is 1. The fourth-order valence-electron chi connectivity index (χ4n) is 2.93. The maximum atomic E-state index is 13.8. The van der Waals surface area contributed by atoms with Crippen LogP contribution in [0.4, 0.5) is 10.3 Å². The third kappa shape index (κ3) is 4.10. The predicted octanol–water partition coefficient (Wildman–Crippen LogP) is 2.02. The van der Waals surface area contributed by atoms with Crippen molar-refractivity contribution in [3.05, 3.63) is 53.6 Å². The quantitative estimate of drug-likeness (QED) is 0.921. The van der Waals surface area contributed by atoms with E-state index in [4.69, 9.17) is 5.26 Å². The summed E-state index contributed by atoms with van der Waals surface area (Å²) in [7, 11) is 0. The third-order valence-electron chi connectivity index (χ3n) is 4.26.